The second-order valence-corrected chi connectivity index (χ2v) is 8.89. The SMILES string of the molecule is O=C(O)CCC/C=C/C1CCCC(NS(=O)(=O)/C=C/c2cccc(Cl)c2)C1. The van der Waals surface area contributed by atoms with E-state index in [-0.39, 0.29) is 12.5 Å². The fraction of sp³-hybridized carbons (Fsp3) is 0.450. The summed E-state index contributed by atoms with van der Waals surface area (Å²) in [6.07, 6.45) is 10.8. The number of hydrogen-bond donors (Lipinski definition) is 2. The minimum absolute atomic E-state index is 0.0820. The average Bonchev–Trinajstić information content (AvgIpc) is 2.60. The van der Waals surface area contributed by atoms with Crippen LogP contribution in [0.2, 0.25) is 5.02 Å². The van der Waals surface area contributed by atoms with Gasteiger partial charge in [0.25, 0.3) is 0 Å². The highest BCUT2D eigenvalue weighted by Crippen LogP contribution is 2.26. The summed E-state index contributed by atoms with van der Waals surface area (Å²) in [7, 11) is -3.52. The second-order valence-electron chi connectivity index (χ2n) is 6.86. The van der Waals surface area contributed by atoms with E-state index in [1.807, 2.05) is 6.08 Å². The van der Waals surface area contributed by atoms with E-state index in [0.29, 0.717) is 17.4 Å². The van der Waals surface area contributed by atoms with Gasteiger partial charge in [-0.3, -0.25) is 4.79 Å². The van der Waals surface area contributed by atoms with Crippen molar-refractivity contribution < 1.29 is 18.3 Å². The van der Waals surface area contributed by atoms with Crippen LogP contribution in [0.15, 0.2) is 41.8 Å². The van der Waals surface area contributed by atoms with Crippen molar-refractivity contribution in [2.45, 2.75) is 51.0 Å². The van der Waals surface area contributed by atoms with E-state index in [1.165, 1.54) is 11.5 Å². The van der Waals surface area contributed by atoms with E-state index in [1.54, 1.807) is 24.3 Å². The lowest BCUT2D eigenvalue weighted by Gasteiger charge is -2.27. The summed E-state index contributed by atoms with van der Waals surface area (Å²) >= 11 is 5.91. The molecule has 2 unspecified atom stereocenters. The molecule has 148 valence electrons. The standard InChI is InChI=1S/C20H26ClNO4S/c21-18-9-4-7-17(14-18)12-13-27(25,26)22-19-10-5-8-16(15-19)6-2-1-3-11-20(23)24/h2,4,6-7,9,12-14,16,19,22H,1,3,5,8,10-11,15H2,(H,23,24)/b6-2+,13-12+. The predicted octanol–water partition coefficient (Wildman–Crippen LogP) is 4.60. The normalized spacial score (nSPS) is 21.1. The van der Waals surface area contributed by atoms with Gasteiger partial charge in [0.1, 0.15) is 0 Å². The van der Waals surface area contributed by atoms with Crippen LogP contribution in [0.5, 0.6) is 0 Å². The van der Waals surface area contributed by atoms with Crippen molar-refractivity contribution in [2.24, 2.45) is 5.92 Å². The van der Waals surface area contributed by atoms with Crippen LogP contribution < -0.4 is 4.72 Å². The topological polar surface area (TPSA) is 83.5 Å². The number of unbranched alkanes of at least 4 members (excludes halogenated alkanes) is 1. The Morgan fingerprint density at radius 3 is 2.89 bits per heavy atom. The first-order chi connectivity index (χ1) is 12.8. The van der Waals surface area contributed by atoms with Gasteiger partial charge in [-0.1, -0.05) is 42.3 Å². The van der Waals surface area contributed by atoms with Crippen LogP contribution in [0.1, 0.15) is 50.5 Å². The van der Waals surface area contributed by atoms with Crippen molar-refractivity contribution in [1.82, 2.24) is 4.72 Å². The molecule has 0 radical (unpaired) electrons. The summed E-state index contributed by atoms with van der Waals surface area (Å²) in [5.74, 6) is -0.449. The fourth-order valence-corrected chi connectivity index (χ4v) is 4.51. The van der Waals surface area contributed by atoms with Gasteiger partial charge in [-0.15, -0.1) is 0 Å². The van der Waals surface area contributed by atoms with Crippen LogP contribution in [0.3, 0.4) is 0 Å². The first kappa shape index (κ1) is 21.7. The molecule has 1 aromatic carbocycles. The van der Waals surface area contributed by atoms with Crippen LogP contribution >= 0.6 is 11.6 Å². The smallest absolute Gasteiger partial charge is 0.303 e. The van der Waals surface area contributed by atoms with Gasteiger partial charge in [0.15, 0.2) is 0 Å². The Balaban J connectivity index is 1.84. The number of carboxylic acids is 1. The van der Waals surface area contributed by atoms with E-state index in [0.717, 1.165) is 37.7 Å². The summed E-state index contributed by atoms with van der Waals surface area (Å²) in [4.78, 5) is 10.5. The number of sulfonamides is 1. The molecule has 2 N–H and O–H groups in total. The molecule has 0 aliphatic heterocycles. The summed E-state index contributed by atoms with van der Waals surface area (Å²) in [6.45, 7) is 0. The Labute approximate surface area is 166 Å². The number of nitrogens with one attached hydrogen (secondary N) is 1. The van der Waals surface area contributed by atoms with Gasteiger partial charge >= 0.3 is 5.97 Å². The molecule has 2 atom stereocenters. The van der Waals surface area contributed by atoms with Gasteiger partial charge in [-0.2, -0.15) is 0 Å². The Morgan fingerprint density at radius 2 is 2.15 bits per heavy atom. The molecular weight excluding hydrogens is 386 g/mol. The zero-order valence-electron chi connectivity index (χ0n) is 15.2. The summed E-state index contributed by atoms with van der Waals surface area (Å²) in [6, 6.07) is 6.93. The molecule has 1 saturated carbocycles. The van der Waals surface area contributed by atoms with E-state index < -0.39 is 16.0 Å². The maximum Gasteiger partial charge on any atom is 0.303 e. The number of carbonyl (C=O) groups is 1. The number of aliphatic carboxylic acids is 1. The van der Waals surface area contributed by atoms with Crippen molar-refractivity contribution in [3.63, 3.8) is 0 Å². The quantitative estimate of drug-likeness (QED) is 0.459. The zero-order valence-corrected chi connectivity index (χ0v) is 16.8. The number of benzene rings is 1. The Kier molecular flexibility index (Phi) is 8.54. The third kappa shape index (κ3) is 8.73. The molecule has 0 saturated heterocycles. The molecule has 0 amide bonds. The molecule has 27 heavy (non-hydrogen) atoms. The molecule has 0 aromatic heterocycles. The monoisotopic (exact) mass is 411 g/mol. The van der Waals surface area contributed by atoms with E-state index in [9.17, 15) is 13.2 Å². The molecular formula is C20H26ClNO4S. The van der Waals surface area contributed by atoms with Gasteiger partial charge in [0.05, 0.1) is 0 Å². The first-order valence-electron chi connectivity index (χ1n) is 9.18. The van der Waals surface area contributed by atoms with Crippen LogP contribution in [-0.2, 0) is 14.8 Å². The molecule has 1 aliphatic carbocycles. The molecule has 2 rings (SSSR count). The molecule has 5 nitrogen and oxygen atoms in total. The number of hydrogen-bond acceptors (Lipinski definition) is 3. The lowest BCUT2D eigenvalue weighted by atomic mass is 9.86. The lowest BCUT2D eigenvalue weighted by Crippen LogP contribution is -2.37. The maximum atomic E-state index is 12.3. The Bertz CT molecular complexity index is 789. The minimum Gasteiger partial charge on any atom is -0.481 e. The lowest BCUT2D eigenvalue weighted by molar-refractivity contribution is -0.137. The van der Waals surface area contributed by atoms with Crippen LogP contribution in [0.4, 0.5) is 0 Å². The maximum absolute atomic E-state index is 12.3. The van der Waals surface area contributed by atoms with E-state index >= 15 is 0 Å². The Morgan fingerprint density at radius 1 is 1.33 bits per heavy atom. The number of rotatable bonds is 9. The third-order valence-electron chi connectivity index (χ3n) is 4.50. The highest BCUT2D eigenvalue weighted by Gasteiger charge is 2.23. The highest BCUT2D eigenvalue weighted by atomic mass is 35.5. The first-order valence-corrected chi connectivity index (χ1v) is 11.1. The van der Waals surface area contributed by atoms with Crippen LogP contribution in [0.25, 0.3) is 6.08 Å². The van der Waals surface area contributed by atoms with Gasteiger partial charge in [-0.25, -0.2) is 13.1 Å². The van der Waals surface area contributed by atoms with E-state index in [2.05, 4.69) is 10.8 Å². The molecule has 1 aromatic rings. The molecule has 0 spiro atoms. The van der Waals surface area contributed by atoms with Crippen molar-refractivity contribution in [3.05, 3.63) is 52.4 Å². The molecule has 0 bridgehead atoms. The summed E-state index contributed by atoms with van der Waals surface area (Å²) < 4.78 is 27.4. The molecule has 0 heterocycles. The van der Waals surface area contributed by atoms with Crippen LogP contribution in [0, 0.1) is 5.92 Å². The van der Waals surface area contributed by atoms with Crippen molar-refractivity contribution in [2.75, 3.05) is 0 Å². The number of halogens is 1. The second kappa shape index (κ2) is 10.6. The minimum atomic E-state index is -3.52. The molecule has 1 aliphatic rings. The number of carboxylic acid groups (broad SMARTS) is 1. The van der Waals surface area contributed by atoms with Crippen molar-refractivity contribution in [3.8, 4) is 0 Å². The zero-order chi connectivity index (χ0) is 19.7. The highest BCUT2D eigenvalue weighted by molar-refractivity contribution is 7.92. The Hall–Kier alpha value is -1.63. The molecule has 7 heteroatoms. The third-order valence-corrected chi connectivity index (χ3v) is 5.90. The van der Waals surface area contributed by atoms with Crippen molar-refractivity contribution >= 4 is 33.7 Å². The summed E-state index contributed by atoms with van der Waals surface area (Å²) in [5, 5.41) is 10.4. The van der Waals surface area contributed by atoms with Crippen molar-refractivity contribution in [1.29, 1.82) is 0 Å². The van der Waals surface area contributed by atoms with Gasteiger partial charge in [0, 0.05) is 22.9 Å². The predicted molar refractivity (Wildman–Crippen MR) is 109 cm³/mol. The fourth-order valence-electron chi connectivity index (χ4n) is 3.22. The summed E-state index contributed by atoms with van der Waals surface area (Å²) in [5.41, 5.74) is 0.735. The number of allylic oxidation sites excluding steroid dienone is 2. The van der Waals surface area contributed by atoms with Gasteiger partial charge in [-0.05, 0) is 61.8 Å². The van der Waals surface area contributed by atoms with Gasteiger partial charge < -0.3 is 5.11 Å². The van der Waals surface area contributed by atoms with E-state index in [4.69, 9.17) is 16.7 Å². The van der Waals surface area contributed by atoms with Crippen LogP contribution in [-0.4, -0.2) is 25.5 Å². The molecule has 1 fully saturated rings. The largest absolute Gasteiger partial charge is 0.481 e. The average molecular weight is 412 g/mol. The van der Waals surface area contributed by atoms with Gasteiger partial charge in [0.2, 0.25) is 10.0 Å².